The van der Waals surface area contributed by atoms with Gasteiger partial charge in [0.15, 0.2) is 0 Å². The van der Waals surface area contributed by atoms with Crippen molar-refractivity contribution in [1.82, 2.24) is 9.80 Å². The normalized spacial score (nSPS) is 39.9. The number of nitrogens with zero attached hydrogens (tertiary/aromatic N) is 2. The van der Waals surface area contributed by atoms with Gasteiger partial charge in [0.05, 0.1) is 0 Å². The zero-order valence-electron chi connectivity index (χ0n) is 34.8. The number of alkyl halides is 2. The molecule has 7 aliphatic rings. The number of rotatable bonds is 10. The van der Waals surface area contributed by atoms with Crippen LogP contribution in [0.4, 0.5) is 0 Å². The molecule has 0 amide bonds. The molecular weight excluding hydrogens is 764 g/mol. The second kappa shape index (κ2) is 18.6. The van der Waals surface area contributed by atoms with Crippen LogP contribution in [0.3, 0.4) is 0 Å². The molecule has 0 aromatic carbocycles. The minimum atomic E-state index is 0.544. The highest BCUT2D eigenvalue weighted by molar-refractivity contribution is 9.09. The Labute approximate surface area is 340 Å². The second-order valence-electron chi connectivity index (χ2n) is 21.5. The van der Waals surface area contributed by atoms with Crippen LogP contribution in [0.1, 0.15) is 220 Å². The van der Waals surface area contributed by atoms with Crippen molar-refractivity contribution < 1.29 is 0 Å². The molecule has 0 radical (unpaired) electrons. The highest BCUT2D eigenvalue weighted by atomic mass is 79.9. The Morgan fingerprint density at radius 1 is 0.288 bits per heavy atom. The van der Waals surface area contributed by atoms with Crippen molar-refractivity contribution in [3.05, 3.63) is 0 Å². The Bertz CT molecular complexity index is 966. The average Bonchev–Trinajstić information content (AvgIpc) is 3.18. The maximum Gasteiger partial charge on any atom is 0.0147 e. The van der Waals surface area contributed by atoms with Gasteiger partial charge in [-0.3, -0.25) is 9.80 Å². The Balaban J connectivity index is 1.03. The Morgan fingerprint density at radius 2 is 0.500 bits per heavy atom. The standard InChI is InChI=1S/C48H84Br2N2/c1-47(2,35-11-7-5-8-12-35)37-15-23-41(24-16-37)51(42-25-17-38(18-26-42)48(3,4)36-13-9-6-10-14-36)45-31-33-46(34-32-45)52(43-27-19-39(49)20-28-43)44-29-21-40(50)22-30-44/h35-46H,5-34H2,1-4H3. The van der Waals surface area contributed by atoms with Gasteiger partial charge < -0.3 is 0 Å². The van der Waals surface area contributed by atoms with Gasteiger partial charge in [0.25, 0.3) is 0 Å². The van der Waals surface area contributed by atoms with Crippen LogP contribution in [0.5, 0.6) is 0 Å². The van der Waals surface area contributed by atoms with Gasteiger partial charge in [-0.25, -0.2) is 0 Å². The first-order chi connectivity index (χ1) is 25.1. The lowest BCUT2D eigenvalue weighted by atomic mass is 9.60. The van der Waals surface area contributed by atoms with E-state index in [0.717, 1.165) is 69.6 Å². The molecule has 0 saturated heterocycles. The summed E-state index contributed by atoms with van der Waals surface area (Å²) in [7, 11) is 0. The zero-order chi connectivity index (χ0) is 36.3. The lowest BCUT2D eigenvalue weighted by Gasteiger charge is -2.54. The molecule has 0 unspecified atom stereocenters. The lowest BCUT2D eigenvalue weighted by molar-refractivity contribution is -0.0405. The van der Waals surface area contributed by atoms with Crippen molar-refractivity contribution in [2.75, 3.05) is 0 Å². The van der Waals surface area contributed by atoms with E-state index in [4.69, 9.17) is 0 Å². The SMILES string of the molecule is CC(C)(C1CCCCC1)C1CCC(N(C2CCC(N(C3CCC(Br)CC3)C3CCC(Br)CC3)CC2)C2CCC(C(C)(C)C3CCCCC3)CC2)CC1. The smallest absolute Gasteiger partial charge is 0.0147 e. The minimum absolute atomic E-state index is 0.544. The molecule has 0 atom stereocenters. The van der Waals surface area contributed by atoms with Crippen molar-refractivity contribution >= 4 is 31.9 Å². The molecule has 0 heterocycles. The van der Waals surface area contributed by atoms with E-state index in [1.165, 1.54) is 193 Å². The zero-order valence-corrected chi connectivity index (χ0v) is 38.0. The van der Waals surface area contributed by atoms with Gasteiger partial charge in [-0.1, -0.05) is 98.1 Å². The minimum Gasteiger partial charge on any atom is -0.294 e. The summed E-state index contributed by atoms with van der Waals surface area (Å²) in [4.78, 5) is 8.05. The Kier molecular flexibility index (Phi) is 14.7. The van der Waals surface area contributed by atoms with E-state index in [-0.39, 0.29) is 0 Å². The van der Waals surface area contributed by atoms with Gasteiger partial charge in [-0.2, -0.15) is 0 Å². The first kappa shape index (κ1) is 41.1. The molecule has 4 heteroatoms. The Morgan fingerprint density at radius 3 is 0.769 bits per heavy atom. The van der Waals surface area contributed by atoms with Crippen molar-refractivity contribution in [1.29, 1.82) is 0 Å². The Hall–Kier alpha value is 0.880. The molecular formula is C48H84Br2N2. The molecule has 300 valence electrons. The van der Waals surface area contributed by atoms with Crippen molar-refractivity contribution in [3.8, 4) is 0 Å². The lowest BCUT2D eigenvalue weighted by Crippen LogP contribution is -2.57. The monoisotopic (exact) mass is 847 g/mol. The molecule has 2 nitrogen and oxygen atoms in total. The van der Waals surface area contributed by atoms with Crippen molar-refractivity contribution in [2.24, 2.45) is 34.5 Å². The fourth-order valence-corrected chi connectivity index (χ4v) is 15.8. The molecule has 0 N–H and O–H groups in total. The van der Waals surface area contributed by atoms with Crippen LogP contribution in [0.25, 0.3) is 0 Å². The highest BCUT2D eigenvalue weighted by Crippen LogP contribution is 2.52. The van der Waals surface area contributed by atoms with Crippen LogP contribution in [-0.2, 0) is 0 Å². The molecule has 7 rings (SSSR count). The predicted octanol–water partition coefficient (Wildman–Crippen LogP) is 14.6. The van der Waals surface area contributed by atoms with E-state index in [9.17, 15) is 0 Å². The molecule has 7 fully saturated rings. The van der Waals surface area contributed by atoms with Crippen LogP contribution in [-0.4, -0.2) is 55.7 Å². The third-order valence-corrected chi connectivity index (χ3v) is 20.1. The molecule has 0 spiro atoms. The van der Waals surface area contributed by atoms with E-state index in [0.29, 0.717) is 10.8 Å². The summed E-state index contributed by atoms with van der Waals surface area (Å²) < 4.78 is 0. The topological polar surface area (TPSA) is 6.48 Å². The second-order valence-corrected chi connectivity index (χ2v) is 24.1. The average molecular weight is 849 g/mol. The molecule has 0 aliphatic heterocycles. The van der Waals surface area contributed by atoms with Gasteiger partial charge in [0.2, 0.25) is 0 Å². The molecule has 0 aromatic rings. The summed E-state index contributed by atoms with van der Waals surface area (Å²) in [6.45, 7) is 10.8. The number of hydrogen-bond donors (Lipinski definition) is 0. The fourth-order valence-electron chi connectivity index (χ4n) is 14.7. The third kappa shape index (κ3) is 9.59. The molecule has 52 heavy (non-hydrogen) atoms. The molecule has 7 aliphatic carbocycles. The van der Waals surface area contributed by atoms with Gasteiger partial charge in [0.1, 0.15) is 0 Å². The van der Waals surface area contributed by atoms with E-state index in [2.05, 4.69) is 69.4 Å². The van der Waals surface area contributed by atoms with Crippen LogP contribution < -0.4 is 0 Å². The summed E-state index contributed by atoms with van der Waals surface area (Å²) in [5.74, 6) is 3.87. The number of hydrogen-bond acceptors (Lipinski definition) is 2. The largest absolute Gasteiger partial charge is 0.294 e. The quantitative estimate of drug-likeness (QED) is 0.202. The van der Waals surface area contributed by atoms with Gasteiger partial charge in [0, 0.05) is 45.9 Å². The van der Waals surface area contributed by atoms with Crippen LogP contribution in [0, 0.1) is 34.5 Å². The van der Waals surface area contributed by atoms with Crippen molar-refractivity contribution in [3.63, 3.8) is 0 Å². The number of halogens is 2. The summed E-state index contributed by atoms with van der Waals surface area (Å²) in [5.41, 5.74) is 1.09. The summed E-state index contributed by atoms with van der Waals surface area (Å²) in [6, 6.07) is 5.07. The van der Waals surface area contributed by atoms with E-state index < -0.39 is 0 Å². The van der Waals surface area contributed by atoms with Gasteiger partial charge >= 0.3 is 0 Å². The van der Waals surface area contributed by atoms with E-state index in [1.54, 1.807) is 0 Å². The van der Waals surface area contributed by atoms with Crippen LogP contribution >= 0.6 is 31.9 Å². The first-order valence-corrected chi connectivity index (χ1v) is 25.8. The fraction of sp³-hybridized carbons (Fsp3) is 1.00. The summed E-state index contributed by atoms with van der Waals surface area (Å²) >= 11 is 8.01. The van der Waals surface area contributed by atoms with Crippen molar-refractivity contribution in [2.45, 2.75) is 266 Å². The van der Waals surface area contributed by atoms with E-state index >= 15 is 0 Å². The maximum atomic E-state index is 4.00. The van der Waals surface area contributed by atoms with Crippen LogP contribution in [0.15, 0.2) is 0 Å². The molecule has 7 saturated carbocycles. The molecule has 0 bridgehead atoms. The maximum absolute atomic E-state index is 4.00. The first-order valence-electron chi connectivity index (χ1n) is 23.9. The predicted molar refractivity (Wildman–Crippen MR) is 232 cm³/mol. The summed E-state index contributed by atoms with van der Waals surface area (Å²) in [5, 5.41) is 0. The summed E-state index contributed by atoms with van der Waals surface area (Å²) in [6.07, 6.45) is 44.1. The third-order valence-electron chi connectivity index (χ3n) is 18.3. The van der Waals surface area contributed by atoms with E-state index in [1.807, 2.05) is 0 Å². The van der Waals surface area contributed by atoms with Gasteiger partial charge in [-0.05, 0) is 189 Å². The van der Waals surface area contributed by atoms with Gasteiger partial charge in [-0.15, -0.1) is 0 Å². The highest BCUT2D eigenvalue weighted by Gasteiger charge is 2.46. The molecule has 0 aromatic heterocycles. The van der Waals surface area contributed by atoms with Crippen LogP contribution in [0.2, 0.25) is 0 Å².